The van der Waals surface area contributed by atoms with Gasteiger partial charge in [0.25, 0.3) is 0 Å². The van der Waals surface area contributed by atoms with Crippen LogP contribution < -0.4 is 0 Å². The Kier molecular flexibility index (Phi) is 5.18. The summed E-state index contributed by atoms with van der Waals surface area (Å²) in [6, 6.07) is 38.4. The fraction of sp³-hybridized carbons (Fsp3) is 0.122. The van der Waals surface area contributed by atoms with Gasteiger partial charge in [0.15, 0.2) is 0 Å². The van der Waals surface area contributed by atoms with Crippen molar-refractivity contribution in [2.45, 2.75) is 32.1 Å². The number of benzene rings is 5. The van der Waals surface area contributed by atoms with E-state index >= 15 is 0 Å². The van der Waals surface area contributed by atoms with Crippen LogP contribution in [0.2, 0.25) is 0 Å². The standard InChI is InChI=1S/C41H27N3O/c1-41(2)33-15-5-3-11-31(33)37-34(41)19-18-30-29-14-8-13-28(39(29)45-40(30)37)27-12-7-9-25(23-43)38(27)44-35-16-6-4-10-26(35)32-21-24(22-42)17-20-36(32)44/h3-6,8,10-21H,7,9H2,1-2H3. The first-order chi connectivity index (χ1) is 22.0. The molecule has 4 nitrogen and oxygen atoms in total. The van der Waals surface area contributed by atoms with Crippen molar-refractivity contribution in [1.82, 2.24) is 4.57 Å². The number of rotatable bonds is 2. The van der Waals surface area contributed by atoms with E-state index in [4.69, 9.17) is 4.42 Å². The molecular weight excluding hydrogens is 550 g/mol. The summed E-state index contributed by atoms with van der Waals surface area (Å²) in [6.45, 7) is 4.58. The fourth-order valence-corrected chi connectivity index (χ4v) is 7.88. The van der Waals surface area contributed by atoms with E-state index in [-0.39, 0.29) is 5.41 Å². The van der Waals surface area contributed by atoms with Gasteiger partial charge < -0.3 is 8.98 Å². The molecule has 0 radical (unpaired) electrons. The van der Waals surface area contributed by atoms with Crippen molar-refractivity contribution >= 4 is 55.0 Å². The van der Waals surface area contributed by atoms with Crippen molar-refractivity contribution in [1.29, 1.82) is 10.5 Å². The first-order valence-corrected chi connectivity index (χ1v) is 15.4. The highest BCUT2D eigenvalue weighted by Crippen LogP contribution is 2.53. The number of furan rings is 1. The summed E-state index contributed by atoms with van der Waals surface area (Å²) in [6.07, 6.45) is 3.69. The molecule has 0 atom stereocenters. The Morgan fingerprint density at radius 2 is 1.44 bits per heavy atom. The number of allylic oxidation sites excluding steroid dienone is 4. The van der Waals surface area contributed by atoms with Crippen molar-refractivity contribution in [2.24, 2.45) is 0 Å². The second-order valence-corrected chi connectivity index (χ2v) is 12.6. The zero-order chi connectivity index (χ0) is 30.4. The number of hydrogen-bond donors (Lipinski definition) is 0. The highest BCUT2D eigenvalue weighted by Gasteiger charge is 2.37. The van der Waals surface area contributed by atoms with Crippen LogP contribution in [-0.2, 0) is 5.41 Å². The molecule has 0 N–H and O–H groups in total. The van der Waals surface area contributed by atoms with Gasteiger partial charge in [-0.1, -0.05) is 92.7 Å². The third-order valence-electron chi connectivity index (χ3n) is 9.94. The molecule has 2 aliphatic carbocycles. The summed E-state index contributed by atoms with van der Waals surface area (Å²) in [5, 5.41) is 24.4. The van der Waals surface area contributed by atoms with E-state index in [0.717, 1.165) is 72.6 Å². The quantitative estimate of drug-likeness (QED) is 0.205. The molecule has 9 rings (SSSR count). The molecule has 5 aromatic carbocycles. The molecule has 2 heterocycles. The molecule has 0 spiro atoms. The van der Waals surface area contributed by atoms with Crippen LogP contribution in [-0.4, -0.2) is 4.57 Å². The number of para-hydroxylation sites is 2. The molecule has 0 saturated carbocycles. The Morgan fingerprint density at radius 1 is 0.689 bits per heavy atom. The third-order valence-corrected chi connectivity index (χ3v) is 9.94. The van der Waals surface area contributed by atoms with Gasteiger partial charge in [-0.25, -0.2) is 0 Å². The van der Waals surface area contributed by atoms with Crippen molar-refractivity contribution in [3.8, 4) is 23.3 Å². The Bertz CT molecular complexity index is 2590. The van der Waals surface area contributed by atoms with Crippen molar-refractivity contribution in [2.75, 3.05) is 0 Å². The van der Waals surface area contributed by atoms with Crippen LogP contribution in [0.4, 0.5) is 0 Å². The lowest BCUT2D eigenvalue weighted by Crippen LogP contribution is -2.14. The molecule has 0 amide bonds. The molecule has 2 aliphatic rings. The highest BCUT2D eigenvalue weighted by atomic mass is 16.3. The zero-order valence-electron chi connectivity index (χ0n) is 25.0. The second kappa shape index (κ2) is 9.08. The normalized spacial score (nSPS) is 15.3. The van der Waals surface area contributed by atoms with Gasteiger partial charge in [0.2, 0.25) is 0 Å². The van der Waals surface area contributed by atoms with Gasteiger partial charge in [-0.05, 0) is 53.8 Å². The van der Waals surface area contributed by atoms with Gasteiger partial charge in [-0.15, -0.1) is 0 Å². The summed E-state index contributed by atoms with van der Waals surface area (Å²) in [4.78, 5) is 0. The lowest BCUT2D eigenvalue weighted by Gasteiger charge is -2.22. The summed E-state index contributed by atoms with van der Waals surface area (Å²) in [5.41, 5.74) is 12.8. The average molecular weight is 578 g/mol. The molecule has 4 heteroatoms. The fourth-order valence-electron chi connectivity index (χ4n) is 7.88. The van der Waals surface area contributed by atoms with E-state index in [0.29, 0.717) is 12.0 Å². The maximum Gasteiger partial charge on any atom is 0.143 e. The van der Waals surface area contributed by atoms with Crippen molar-refractivity contribution < 1.29 is 4.42 Å². The Labute approximate surface area is 260 Å². The van der Waals surface area contributed by atoms with Crippen LogP contribution in [0.15, 0.2) is 113 Å². The summed E-state index contributed by atoms with van der Waals surface area (Å²) in [5.74, 6) is 0. The molecule has 45 heavy (non-hydrogen) atoms. The number of fused-ring (bicyclic) bond motifs is 10. The predicted octanol–water partition coefficient (Wildman–Crippen LogP) is 10.5. The molecule has 0 unspecified atom stereocenters. The largest absolute Gasteiger partial charge is 0.455 e. The molecule has 0 aliphatic heterocycles. The van der Waals surface area contributed by atoms with E-state index < -0.39 is 0 Å². The van der Waals surface area contributed by atoms with Crippen molar-refractivity contribution in [3.63, 3.8) is 0 Å². The Morgan fingerprint density at radius 3 is 2.31 bits per heavy atom. The monoisotopic (exact) mass is 577 g/mol. The first kappa shape index (κ1) is 25.6. The zero-order valence-corrected chi connectivity index (χ0v) is 25.0. The second-order valence-electron chi connectivity index (χ2n) is 12.6. The minimum Gasteiger partial charge on any atom is -0.455 e. The minimum atomic E-state index is -0.118. The maximum atomic E-state index is 10.5. The third kappa shape index (κ3) is 3.34. The Balaban J connectivity index is 1.34. The molecule has 212 valence electrons. The van der Waals surface area contributed by atoms with E-state index in [2.05, 4.69) is 103 Å². The van der Waals surface area contributed by atoms with E-state index in [9.17, 15) is 10.5 Å². The maximum absolute atomic E-state index is 10.5. The SMILES string of the molecule is CC1(C)c2ccccc2-c2c1ccc1c2oc2c(C3=CCCC(C#N)=C3n3c4ccccc4c4cc(C#N)ccc43)cccc21. The summed E-state index contributed by atoms with van der Waals surface area (Å²) >= 11 is 0. The smallest absolute Gasteiger partial charge is 0.143 e. The Hall–Kier alpha value is -5.84. The predicted molar refractivity (Wildman–Crippen MR) is 181 cm³/mol. The van der Waals surface area contributed by atoms with Crippen LogP contribution in [0.25, 0.3) is 66.1 Å². The van der Waals surface area contributed by atoms with E-state index in [1.54, 1.807) is 0 Å². The number of nitrogens with zero attached hydrogens (tertiary/aromatic N) is 3. The average Bonchev–Trinajstić information content (AvgIpc) is 3.70. The number of aromatic nitrogens is 1. The van der Waals surface area contributed by atoms with Gasteiger partial charge in [-0.3, -0.25) is 0 Å². The number of hydrogen-bond acceptors (Lipinski definition) is 3. The van der Waals surface area contributed by atoms with Crippen LogP contribution in [0.3, 0.4) is 0 Å². The molecule has 0 fully saturated rings. The summed E-state index contributed by atoms with van der Waals surface area (Å²) < 4.78 is 9.19. The molecule has 0 saturated heterocycles. The molecule has 2 aromatic heterocycles. The van der Waals surface area contributed by atoms with Crippen LogP contribution in [0.1, 0.15) is 48.9 Å². The van der Waals surface area contributed by atoms with E-state index in [1.807, 2.05) is 30.3 Å². The lowest BCUT2D eigenvalue weighted by atomic mass is 9.82. The van der Waals surface area contributed by atoms with Gasteiger partial charge in [0, 0.05) is 43.7 Å². The lowest BCUT2D eigenvalue weighted by molar-refractivity contribution is 0.653. The van der Waals surface area contributed by atoms with E-state index in [1.165, 1.54) is 22.3 Å². The number of nitriles is 2. The summed E-state index contributed by atoms with van der Waals surface area (Å²) in [7, 11) is 0. The minimum absolute atomic E-state index is 0.118. The van der Waals surface area contributed by atoms with Crippen LogP contribution >= 0.6 is 0 Å². The highest BCUT2D eigenvalue weighted by molar-refractivity contribution is 6.19. The first-order valence-electron chi connectivity index (χ1n) is 15.4. The topological polar surface area (TPSA) is 65.7 Å². The van der Waals surface area contributed by atoms with Gasteiger partial charge in [0.05, 0.1) is 40.0 Å². The molecule has 0 bridgehead atoms. The van der Waals surface area contributed by atoms with Gasteiger partial charge in [0.1, 0.15) is 11.2 Å². The van der Waals surface area contributed by atoms with Crippen LogP contribution in [0.5, 0.6) is 0 Å². The van der Waals surface area contributed by atoms with Crippen LogP contribution in [0, 0.1) is 22.7 Å². The van der Waals surface area contributed by atoms with Gasteiger partial charge in [-0.2, -0.15) is 10.5 Å². The van der Waals surface area contributed by atoms with Gasteiger partial charge >= 0.3 is 0 Å². The van der Waals surface area contributed by atoms with Crippen molar-refractivity contribution in [3.05, 3.63) is 131 Å². The molecule has 7 aromatic rings. The molecular formula is C41H27N3O.